The number of aryl methyl sites for hydroxylation is 1. The maximum atomic E-state index is 9.71. The molecule has 0 saturated heterocycles. The molecule has 108 valence electrons. The number of nitriles is 1. The maximum absolute atomic E-state index is 9.71. The summed E-state index contributed by atoms with van der Waals surface area (Å²) in [5.41, 5.74) is 2.18. The first-order chi connectivity index (χ1) is 10.7. The first-order valence-electron chi connectivity index (χ1n) is 7.57. The quantitative estimate of drug-likeness (QED) is 0.728. The molecule has 2 aliphatic rings. The highest BCUT2D eigenvalue weighted by Gasteiger charge is 2.75. The molecule has 0 bridgehead atoms. The molecule has 1 aromatic carbocycles. The Morgan fingerprint density at radius 2 is 2.14 bits per heavy atom. The van der Waals surface area contributed by atoms with Gasteiger partial charge in [-0.15, -0.1) is 0 Å². The van der Waals surface area contributed by atoms with Crippen molar-refractivity contribution in [2.45, 2.75) is 24.7 Å². The highest BCUT2D eigenvalue weighted by atomic mass is 15.4. The van der Waals surface area contributed by atoms with E-state index in [1.165, 1.54) is 12.8 Å². The van der Waals surface area contributed by atoms with Crippen molar-refractivity contribution in [2.24, 2.45) is 12.5 Å². The Morgan fingerprint density at radius 3 is 2.77 bits per heavy atom. The number of fused-ring (bicyclic) bond motifs is 1. The third-order valence-corrected chi connectivity index (χ3v) is 5.41. The van der Waals surface area contributed by atoms with Gasteiger partial charge in [0, 0.05) is 24.7 Å². The summed E-state index contributed by atoms with van der Waals surface area (Å²) < 4.78 is 3.62. The van der Waals surface area contributed by atoms with Crippen LogP contribution in [0, 0.1) is 16.7 Å². The van der Waals surface area contributed by atoms with Gasteiger partial charge in [-0.2, -0.15) is 15.5 Å². The molecule has 2 fully saturated rings. The van der Waals surface area contributed by atoms with E-state index in [1.807, 2.05) is 30.2 Å². The largest absolute Gasteiger partial charge is 0.274 e. The molecule has 2 aromatic heterocycles. The summed E-state index contributed by atoms with van der Waals surface area (Å²) in [7, 11) is 1.90. The first-order valence-corrected chi connectivity index (χ1v) is 7.57. The number of benzene rings is 1. The van der Waals surface area contributed by atoms with Gasteiger partial charge in [-0.3, -0.25) is 4.68 Å². The molecule has 2 saturated carbocycles. The van der Waals surface area contributed by atoms with E-state index in [9.17, 15) is 5.26 Å². The van der Waals surface area contributed by atoms with Crippen molar-refractivity contribution in [1.82, 2.24) is 19.6 Å². The SMILES string of the molecule is Cn1ccc(-n2ncc3ccc([C@@]4(C#N)CC45CC5)cc32)n1. The summed E-state index contributed by atoms with van der Waals surface area (Å²) in [6, 6.07) is 10.8. The highest BCUT2D eigenvalue weighted by Crippen LogP contribution is 2.78. The lowest BCUT2D eigenvalue weighted by Gasteiger charge is -2.09. The van der Waals surface area contributed by atoms with E-state index in [0.717, 1.165) is 28.7 Å². The van der Waals surface area contributed by atoms with E-state index >= 15 is 0 Å². The van der Waals surface area contributed by atoms with E-state index in [2.05, 4.69) is 34.5 Å². The summed E-state index contributed by atoms with van der Waals surface area (Å²) in [5.74, 6) is 0.803. The molecule has 5 rings (SSSR count). The van der Waals surface area contributed by atoms with Crippen LogP contribution >= 0.6 is 0 Å². The molecule has 0 N–H and O–H groups in total. The second-order valence-electron chi connectivity index (χ2n) is 6.65. The van der Waals surface area contributed by atoms with Gasteiger partial charge in [0.1, 0.15) is 0 Å². The Morgan fingerprint density at radius 1 is 1.27 bits per heavy atom. The minimum Gasteiger partial charge on any atom is -0.274 e. The average Bonchev–Trinajstić information content (AvgIpc) is 3.32. The number of aromatic nitrogens is 4. The van der Waals surface area contributed by atoms with Gasteiger partial charge in [0.25, 0.3) is 0 Å². The number of nitrogens with zero attached hydrogens (tertiary/aromatic N) is 5. The van der Waals surface area contributed by atoms with Crippen LogP contribution < -0.4 is 0 Å². The van der Waals surface area contributed by atoms with Crippen LogP contribution in [0.3, 0.4) is 0 Å². The zero-order valence-corrected chi connectivity index (χ0v) is 12.3. The molecule has 0 amide bonds. The Bertz CT molecular complexity index is 953. The summed E-state index contributed by atoms with van der Waals surface area (Å²) in [6.07, 6.45) is 7.16. The van der Waals surface area contributed by atoms with Crippen LogP contribution in [0.4, 0.5) is 0 Å². The van der Waals surface area contributed by atoms with E-state index in [0.29, 0.717) is 0 Å². The van der Waals surface area contributed by atoms with Crippen LogP contribution in [0.5, 0.6) is 0 Å². The second kappa shape index (κ2) is 3.58. The summed E-state index contributed by atoms with van der Waals surface area (Å²) in [4.78, 5) is 0. The smallest absolute Gasteiger partial charge is 0.175 e. The van der Waals surface area contributed by atoms with Gasteiger partial charge < -0.3 is 0 Å². The van der Waals surface area contributed by atoms with E-state index in [-0.39, 0.29) is 10.8 Å². The first kappa shape index (κ1) is 12.0. The van der Waals surface area contributed by atoms with Crippen LogP contribution in [-0.4, -0.2) is 19.6 Å². The van der Waals surface area contributed by atoms with Crippen molar-refractivity contribution in [2.75, 3.05) is 0 Å². The monoisotopic (exact) mass is 289 g/mol. The van der Waals surface area contributed by atoms with Gasteiger partial charge in [0.15, 0.2) is 5.82 Å². The number of rotatable bonds is 2. The molecule has 1 atom stereocenters. The van der Waals surface area contributed by atoms with Crippen molar-refractivity contribution in [3.63, 3.8) is 0 Å². The van der Waals surface area contributed by atoms with Crippen molar-refractivity contribution in [3.8, 4) is 11.9 Å². The summed E-state index contributed by atoms with van der Waals surface area (Å²) in [5, 5.41) is 19.7. The zero-order chi connectivity index (χ0) is 14.9. The van der Waals surface area contributed by atoms with E-state index < -0.39 is 0 Å². The van der Waals surface area contributed by atoms with Crippen molar-refractivity contribution in [1.29, 1.82) is 5.26 Å². The molecule has 22 heavy (non-hydrogen) atoms. The van der Waals surface area contributed by atoms with Gasteiger partial charge in [-0.05, 0) is 36.3 Å². The molecule has 2 aliphatic carbocycles. The minimum absolute atomic E-state index is 0.263. The van der Waals surface area contributed by atoms with Crippen LogP contribution in [0.1, 0.15) is 24.8 Å². The number of hydrogen-bond acceptors (Lipinski definition) is 3. The maximum Gasteiger partial charge on any atom is 0.175 e. The fourth-order valence-corrected chi connectivity index (χ4v) is 3.83. The van der Waals surface area contributed by atoms with Gasteiger partial charge >= 0.3 is 0 Å². The molecular weight excluding hydrogens is 274 g/mol. The standard InChI is InChI=1S/C17H15N5/c1-21-7-4-15(20-21)22-14-8-13(3-2-12(14)9-19-22)17(11-18)10-16(17)5-6-16/h2-4,7-9H,5-6,10H2,1H3/t17-/m0/s1. The predicted octanol–water partition coefficient (Wildman–Crippen LogP) is 2.70. The molecular formula is C17H15N5. The Labute approximate surface area is 127 Å². The Hall–Kier alpha value is -2.61. The van der Waals surface area contributed by atoms with Crippen LogP contribution in [-0.2, 0) is 12.5 Å². The molecule has 0 unspecified atom stereocenters. The summed E-state index contributed by atoms with van der Waals surface area (Å²) in [6.45, 7) is 0. The Balaban J connectivity index is 1.69. The molecule has 2 heterocycles. The average molecular weight is 289 g/mol. The zero-order valence-electron chi connectivity index (χ0n) is 12.3. The van der Waals surface area contributed by atoms with Crippen LogP contribution in [0.25, 0.3) is 16.7 Å². The molecule has 1 spiro atoms. The fraction of sp³-hybridized carbons (Fsp3) is 0.353. The molecule has 0 aliphatic heterocycles. The lowest BCUT2D eigenvalue weighted by atomic mass is 9.93. The van der Waals surface area contributed by atoms with Crippen molar-refractivity contribution in [3.05, 3.63) is 42.2 Å². The van der Waals surface area contributed by atoms with Gasteiger partial charge in [-0.25, -0.2) is 4.68 Å². The van der Waals surface area contributed by atoms with Crippen LogP contribution in [0.15, 0.2) is 36.7 Å². The van der Waals surface area contributed by atoms with Crippen molar-refractivity contribution >= 4 is 10.9 Å². The van der Waals surface area contributed by atoms with Gasteiger partial charge in [0.05, 0.1) is 23.2 Å². The lowest BCUT2D eigenvalue weighted by molar-refractivity contribution is 0.733. The minimum atomic E-state index is -0.263. The van der Waals surface area contributed by atoms with Crippen LogP contribution in [0.2, 0.25) is 0 Å². The van der Waals surface area contributed by atoms with Gasteiger partial charge in [0.2, 0.25) is 0 Å². The topological polar surface area (TPSA) is 59.4 Å². The van der Waals surface area contributed by atoms with E-state index in [1.54, 1.807) is 4.68 Å². The van der Waals surface area contributed by atoms with E-state index in [4.69, 9.17) is 0 Å². The Kier molecular flexibility index (Phi) is 1.95. The predicted molar refractivity (Wildman–Crippen MR) is 81.4 cm³/mol. The third-order valence-electron chi connectivity index (χ3n) is 5.41. The normalized spacial score (nSPS) is 24.5. The fourth-order valence-electron chi connectivity index (χ4n) is 3.83. The second-order valence-corrected chi connectivity index (χ2v) is 6.65. The number of hydrogen-bond donors (Lipinski definition) is 0. The highest BCUT2D eigenvalue weighted by molar-refractivity contribution is 5.81. The molecule has 5 heteroatoms. The molecule has 0 radical (unpaired) electrons. The molecule has 5 nitrogen and oxygen atoms in total. The third kappa shape index (κ3) is 1.32. The lowest BCUT2D eigenvalue weighted by Crippen LogP contribution is -2.08. The van der Waals surface area contributed by atoms with Crippen molar-refractivity contribution < 1.29 is 0 Å². The summed E-state index contributed by atoms with van der Waals surface area (Å²) >= 11 is 0. The van der Waals surface area contributed by atoms with Gasteiger partial charge in [-0.1, -0.05) is 12.1 Å². The molecule has 3 aromatic rings.